The third-order valence-corrected chi connectivity index (χ3v) is 3.70. The van der Waals surface area contributed by atoms with E-state index >= 15 is 0 Å². The number of nitrogens with one attached hydrogen (secondary N) is 1. The van der Waals surface area contributed by atoms with Gasteiger partial charge in [0, 0.05) is 19.2 Å². The van der Waals surface area contributed by atoms with Gasteiger partial charge in [0.05, 0.1) is 5.54 Å². The molecule has 4 nitrogen and oxygen atoms in total. The van der Waals surface area contributed by atoms with Crippen molar-refractivity contribution in [2.75, 3.05) is 19.7 Å². The lowest BCUT2D eigenvalue weighted by atomic mass is 9.91. The molecule has 0 aliphatic carbocycles. The predicted molar refractivity (Wildman–Crippen MR) is 68.8 cm³/mol. The number of carbonyl (C=O) groups excluding carboxylic acids is 1. The third-order valence-electron chi connectivity index (χ3n) is 3.70. The SMILES string of the molecule is CCC1(C(=O)N(CCCO)C(C)C)CCCN1. The molecule has 0 aromatic carbocycles. The molecule has 1 unspecified atom stereocenters. The lowest BCUT2D eigenvalue weighted by molar-refractivity contribution is -0.140. The van der Waals surface area contributed by atoms with Crippen molar-refractivity contribution in [1.29, 1.82) is 0 Å². The number of rotatable bonds is 6. The average Bonchev–Trinajstić information content (AvgIpc) is 2.78. The number of hydrogen-bond acceptors (Lipinski definition) is 3. The number of amides is 1. The first-order valence-electron chi connectivity index (χ1n) is 6.74. The third kappa shape index (κ3) is 3.19. The molecule has 1 fully saturated rings. The first kappa shape index (κ1) is 14.5. The second-order valence-corrected chi connectivity index (χ2v) is 5.14. The van der Waals surface area contributed by atoms with E-state index in [1.165, 1.54) is 0 Å². The van der Waals surface area contributed by atoms with Crippen LogP contribution in [0.1, 0.15) is 46.5 Å². The van der Waals surface area contributed by atoms with Crippen molar-refractivity contribution in [3.05, 3.63) is 0 Å². The van der Waals surface area contributed by atoms with Gasteiger partial charge in [0.1, 0.15) is 0 Å². The molecule has 4 heteroatoms. The second-order valence-electron chi connectivity index (χ2n) is 5.14. The van der Waals surface area contributed by atoms with E-state index in [2.05, 4.69) is 12.2 Å². The van der Waals surface area contributed by atoms with E-state index in [0.29, 0.717) is 13.0 Å². The topological polar surface area (TPSA) is 52.6 Å². The second kappa shape index (κ2) is 6.36. The minimum atomic E-state index is -0.347. The van der Waals surface area contributed by atoms with Crippen LogP contribution in [0, 0.1) is 0 Å². The zero-order valence-electron chi connectivity index (χ0n) is 11.3. The van der Waals surface area contributed by atoms with Gasteiger partial charge in [0.25, 0.3) is 0 Å². The number of nitrogens with zero attached hydrogens (tertiary/aromatic N) is 1. The number of hydrogen-bond donors (Lipinski definition) is 2. The molecule has 0 aromatic rings. The molecule has 1 rings (SSSR count). The van der Waals surface area contributed by atoms with Crippen LogP contribution in [0.15, 0.2) is 0 Å². The Hall–Kier alpha value is -0.610. The fourth-order valence-corrected chi connectivity index (χ4v) is 2.55. The largest absolute Gasteiger partial charge is 0.396 e. The lowest BCUT2D eigenvalue weighted by Crippen LogP contribution is -2.56. The van der Waals surface area contributed by atoms with E-state index < -0.39 is 0 Å². The van der Waals surface area contributed by atoms with Crippen molar-refractivity contribution < 1.29 is 9.90 Å². The highest BCUT2D eigenvalue weighted by atomic mass is 16.3. The summed E-state index contributed by atoms with van der Waals surface area (Å²) in [7, 11) is 0. The summed E-state index contributed by atoms with van der Waals surface area (Å²) in [6, 6.07) is 0.194. The average molecular weight is 242 g/mol. The van der Waals surface area contributed by atoms with Crippen molar-refractivity contribution in [2.45, 2.75) is 58.0 Å². The van der Waals surface area contributed by atoms with Gasteiger partial charge in [-0.25, -0.2) is 0 Å². The Bertz CT molecular complexity index is 248. The standard InChI is InChI=1S/C13H26N2O2/c1-4-13(7-5-8-14-13)12(17)15(11(2)3)9-6-10-16/h11,14,16H,4-10H2,1-3H3. The van der Waals surface area contributed by atoms with Gasteiger partial charge in [-0.2, -0.15) is 0 Å². The molecule has 2 N–H and O–H groups in total. The summed E-state index contributed by atoms with van der Waals surface area (Å²) in [5.74, 6) is 0.209. The van der Waals surface area contributed by atoms with Crippen LogP contribution in [0.25, 0.3) is 0 Å². The van der Waals surface area contributed by atoms with E-state index in [9.17, 15) is 4.79 Å². The monoisotopic (exact) mass is 242 g/mol. The molecule has 17 heavy (non-hydrogen) atoms. The van der Waals surface area contributed by atoms with Gasteiger partial charge in [0.15, 0.2) is 0 Å². The van der Waals surface area contributed by atoms with Crippen LogP contribution in [0.3, 0.4) is 0 Å². The molecule has 0 spiro atoms. The van der Waals surface area contributed by atoms with Crippen LogP contribution < -0.4 is 5.32 Å². The van der Waals surface area contributed by atoms with Crippen LogP contribution >= 0.6 is 0 Å². The van der Waals surface area contributed by atoms with Gasteiger partial charge >= 0.3 is 0 Å². The highest BCUT2D eigenvalue weighted by molar-refractivity contribution is 5.87. The Morgan fingerprint density at radius 1 is 1.53 bits per heavy atom. The molecule has 100 valence electrons. The first-order chi connectivity index (χ1) is 8.07. The van der Waals surface area contributed by atoms with E-state index in [4.69, 9.17) is 5.11 Å². The fourth-order valence-electron chi connectivity index (χ4n) is 2.55. The maximum atomic E-state index is 12.6. The zero-order chi connectivity index (χ0) is 12.9. The van der Waals surface area contributed by atoms with Crippen LogP contribution in [0.2, 0.25) is 0 Å². The zero-order valence-corrected chi connectivity index (χ0v) is 11.3. The molecule has 1 aliphatic rings. The Labute approximate surface area is 104 Å². The predicted octanol–water partition coefficient (Wildman–Crippen LogP) is 1.14. The quantitative estimate of drug-likeness (QED) is 0.734. The minimum absolute atomic E-state index is 0.142. The molecule has 1 heterocycles. The molecular weight excluding hydrogens is 216 g/mol. The van der Waals surface area contributed by atoms with Crippen molar-refractivity contribution in [3.8, 4) is 0 Å². The molecular formula is C13H26N2O2. The summed E-state index contributed by atoms with van der Waals surface area (Å²) in [5.41, 5.74) is -0.347. The molecule has 1 atom stereocenters. The van der Waals surface area contributed by atoms with E-state index in [1.54, 1.807) is 0 Å². The Morgan fingerprint density at radius 3 is 2.65 bits per heavy atom. The Balaban J connectivity index is 2.75. The van der Waals surface area contributed by atoms with Crippen molar-refractivity contribution >= 4 is 5.91 Å². The fraction of sp³-hybridized carbons (Fsp3) is 0.923. The van der Waals surface area contributed by atoms with Crippen LogP contribution in [0.4, 0.5) is 0 Å². The normalized spacial score (nSPS) is 24.3. The van der Waals surface area contributed by atoms with Gasteiger partial charge < -0.3 is 15.3 Å². The van der Waals surface area contributed by atoms with Gasteiger partial charge in [-0.1, -0.05) is 6.92 Å². The molecule has 1 aliphatic heterocycles. The highest BCUT2D eigenvalue weighted by Gasteiger charge is 2.42. The van der Waals surface area contributed by atoms with E-state index in [1.807, 2.05) is 18.7 Å². The maximum absolute atomic E-state index is 12.6. The van der Waals surface area contributed by atoms with Crippen molar-refractivity contribution in [2.24, 2.45) is 0 Å². The lowest BCUT2D eigenvalue weighted by Gasteiger charge is -2.36. The number of carbonyl (C=O) groups is 1. The summed E-state index contributed by atoms with van der Waals surface area (Å²) in [6.45, 7) is 7.87. The van der Waals surface area contributed by atoms with Crippen LogP contribution in [-0.4, -0.2) is 47.2 Å². The summed E-state index contributed by atoms with van der Waals surface area (Å²) < 4.78 is 0. The summed E-state index contributed by atoms with van der Waals surface area (Å²) in [5, 5.41) is 12.3. The highest BCUT2D eigenvalue weighted by Crippen LogP contribution is 2.26. The molecule has 1 saturated heterocycles. The van der Waals surface area contributed by atoms with Gasteiger partial charge in [-0.05, 0) is 46.1 Å². The van der Waals surface area contributed by atoms with Crippen molar-refractivity contribution in [3.63, 3.8) is 0 Å². The van der Waals surface area contributed by atoms with Gasteiger partial charge in [-0.3, -0.25) is 4.79 Å². The molecule has 1 amide bonds. The molecule has 0 saturated carbocycles. The van der Waals surface area contributed by atoms with Crippen LogP contribution in [-0.2, 0) is 4.79 Å². The van der Waals surface area contributed by atoms with E-state index in [-0.39, 0.29) is 24.1 Å². The Kier molecular flexibility index (Phi) is 5.40. The maximum Gasteiger partial charge on any atom is 0.243 e. The van der Waals surface area contributed by atoms with Crippen LogP contribution in [0.5, 0.6) is 0 Å². The van der Waals surface area contributed by atoms with Gasteiger partial charge in [0.2, 0.25) is 5.91 Å². The van der Waals surface area contributed by atoms with Gasteiger partial charge in [-0.15, -0.1) is 0 Å². The minimum Gasteiger partial charge on any atom is -0.396 e. The van der Waals surface area contributed by atoms with E-state index in [0.717, 1.165) is 25.8 Å². The molecule has 0 bridgehead atoms. The molecule has 0 radical (unpaired) electrons. The molecule has 0 aromatic heterocycles. The summed E-state index contributed by atoms with van der Waals surface area (Å²) in [6.07, 6.45) is 3.51. The number of aliphatic hydroxyl groups is 1. The summed E-state index contributed by atoms with van der Waals surface area (Å²) >= 11 is 0. The number of aliphatic hydroxyl groups excluding tert-OH is 1. The van der Waals surface area contributed by atoms with Crippen molar-refractivity contribution in [1.82, 2.24) is 10.2 Å². The summed E-state index contributed by atoms with van der Waals surface area (Å²) in [4.78, 5) is 14.5. The first-order valence-corrected chi connectivity index (χ1v) is 6.74. The smallest absolute Gasteiger partial charge is 0.243 e. The Morgan fingerprint density at radius 2 is 2.24 bits per heavy atom.